The van der Waals surface area contributed by atoms with Crippen molar-refractivity contribution >= 4 is 17.9 Å². The topological polar surface area (TPSA) is 78.9 Å². The van der Waals surface area contributed by atoms with Gasteiger partial charge in [0.25, 0.3) is 0 Å². The SMILES string of the molecule is CCCCC/C=C\C/C=C\C/C=C\C/C=C\C/C=C\CCC(=O)OC[C@H](COC(=O)CCCCC/C=C\C/C=C\C/C=C\C/C=C\CCCCC)OC(=O)CCCCCCCCCCC/C=C\CCCCCCCC. The standard InChI is InChI=1S/C69H114O6/c1-4-7-10-13-16-19-22-25-28-31-34-37-40-43-46-49-52-55-58-61-67(70)73-64-66(75-69(72)63-60-57-54-51-48-45-42-39-36-33-30-27-24-21-18-15-12-9-6-3)65-74-68(71)62-59-56-53-50-47-44-41-38-35-32-29-26-23-20-17-14-11-8-5-2/h16-17,19-20,25-30,34-35,37-38,43-44,46-47,52,55,66H,4-15,18,21-24,31-33,36,39-42,45,48-51,53-54,56-65H2,1-3H3/b19-16-,20-17-,28-25-,29-26-,30-27-,37-34-,38-35-,46-43-,47-44-,55-52-/t66-/m1/s1. The van der Waals surface area contributed by atoms with Gasteiger partial charge in [-0.1, -0.05) is 251 Å². The van der Waals surface area contributed by atoms with Crippen LogP contribution in [-0.4, -0.2) is 37.2 Å². The Morgan fingerprint density at radius 2 is 0.507 bits per heavy atom. The van der Waals surface area contributed by atoms with Crippen LogP contribution in [0.4, 0.5) is 0 Å². The van der Waals surface area contributed by atoms with Gasteiger partial charge in [-0.25, -0.2) is 0 Å². The van der Waals surface area contributed by atoms with Crippen LogP contribution in [0, 0.1) is 0 Å². The summed E-state index contributed by atoms with van der Waals surface area (Å²) in [6.07, 6.45) is 86.3. The highest BCUT2D eigenvalue weighted by Gasteiger charge is 2.19. The van der Waals surface area contributed by atoms with Crippen LogP contribution in [0.25, 0.3) is 0 Å². The van der Waals surface area contributed by atoms with Gasteiger partial charge in [-0.15, -0.1) is 0 Å². The quantitative estimate of drug-likeness (QED) is 0.0261. The number of carbonyl (C=O) groups excluding carboxylic acids is 3. The second-order valence-corrected chi connectivity index (χ2v) is 20.2. The monoisotopic (exact) mass is 1040 g/mol. The lowest BCUT2D eigenvalue weighted by Gasteiger charge is -2.18. The number of ether oxygens (including phenoxy) is 3. The maximum atomic E-state index is 12.9. The number of esters is 3. The summed E-state index contributed by atoms with van der Waals surface area (Å²) in [5.74, 6) is -1.03. The van der Waals surface area contributed by atoms with Crippen LogP contribution in [0.3, 0.4) is 0 Å². The second-order valence-electron chi connectivity index (χ2n) is 20.2. The molecule has 75 heavy (non-hydrogen) atoms. The summed E-state index contributed by atoms with van der Waals surface area (Å²) in [4.78, 5) is 38.3. The first-order chi connectivity index (χ1) is 37.0. The minimum absolute atomic E-state index is 0.121. The first-order valence-corrected chi connectivity index (χ1v) is 31.0. The number of allylic oxidation sites excluding steroid dienone is 20. The van der Waals surface area contributed by atoms with Crippen molar-refractivity contribution in [3.63, 3.8) is 0 Å². The van der Waals surface area contributed by atoms with Gasteiger partial charge >= 0.3 is 17.9 Å². The molecule has 6 heteroatoms. The minimum atomic E-state index is -0.827. The van der Waals surface area contributed by atoms with Crippen molar-refractivity contribution in [3.8, 4) is 0 Å². The molecule has 0 saturated heterocycles. The molecule has 0 aliphatic carbocycles. The summed E-state index contributed by atoms with van der Waals surface area (Å²) in [7, 11) is 0. The van der Waals surface area contributed by atoms with Gasteiger partial charge in [-0.3, -0.25) is 14.4 Å². The molecule has 0 aromatic carbocycles. The molecule has 0 fully saturated rings. The van der Waals surface area contributed by atoms with Crippen molar-refractivity contribution in [2.24, 2.45) is 0 Å². The molecule has 0 saturated carbocycles. The number of carbonyl (C=O) groups is 3. The zero-order chi connectivity index (χ0) is 54.3. The zero-order valence-corrected chi connectivity index (χ0v) is 48.8. The van der Waals surface area contributed by atoms with Crippen LogP contribution in [-0.2, 0) is 28.6 Å². The van der Waals surface area contributed by atoms with Crippen molar-refractivity contribution < 1.29 is 28.6 Å². The number of rotatable bonds is 55. The Morgan fingerprint density at radius 3 is 0.880 bits per heavy atom. The average Bonchev–Trinajstić information content (AvgIpc) is 3.41. The van der Waals surface area contributed by atoms with Crippen LogP contribution in [0.15, 0.2) is 122 Å². The molecule has 1 atom stereocenters. The molecule has 0 N–H and O–H groups in total. The fourth-order valence-corrected chi connectivity index (χ4v) is 8.23. The Balaban J connectivity index is 4.56. The lowest BCUT2D eigenvalue weighted by Crippen LogP contribution is -2.30. The van der Waals surface area contributed by atoms with Gasteiger partial charge in [0.1, 0.15) is 13.2 Å². The highest BCUT2D eigenvalue weighted by Crippen LogP contribution is 2.14. The molecule has 6 nitrogen and oxygen atoms in total. The number of hydrogen-bond acceptors (Lipinski definition) is 6. The maximum Gasteiger partial charge on any atom is 0.306 e. The molecule has 0 unspecified atom stereocenters. The third kappa shape index (κ3) is 60.6. The van der Waals surface area contributed by atoms with Crippen LogP contribution >= 0.6 is 0 Å². The van der Waals surface area contributed by atoms with Gasteiger partial charge < -0.3 is 14.2 Å². The highest BCUT2D eigenvalue weighted by atomic mass is 16.6. The predicted molar refractivity (Wildman–Crippen MR) is 325 cm³/mol. The Morgan fingerprint density at radius 1 is 0.267 bits per heavy atom. The summed E-state index contributed by atoms with van der Waals surface area (Å²) in [6.45, 7) is 6.50. The largest absolute Gasteiger partial charge is 0.462 e. The van der Waals surface area contributed by atoms with Crippen LogP contribution in [0.1, 0.15) is 278 Å². The van der Waals surface area contributed by atoms with E-state index in [1.54, 1.807) is 0 Å². The molecule has 426 valence electrons. The van der Waals surface area contributed by atoms with E-state index in [1.807, 2.05) is 6.08 Å². The lowest BCUT2D eigenvalue weighted by atomic mass is 10.1. The first kappa shape index (κ1) is 70.8. The van der Waals surface area contributed by atoms with Gasteiger partial charge in [0, 0.05) is 19.3 Å². The maximum absolute atomic E-state index is 12.9. The molecule has 0 amide bonds. The summed E-state index contributed by atoms with van der Waals surface area (Å²) in [5, 5.41) is 0. The van der Waals surface area contributed by atoms with E-state index >= 15 is 0 Å². The van der Waals surface area contributed by atoms with Crippen LogP contribution in [0.2, 0.25) is 0 Å². The van der Waals surface area contributed by atoms with E-state index < -0.39 is 6.10 Å². The number of unbranched alkanes of at least 4 members (excludes halogenated alkanes) is 24. The van der Waals surface area contributed by atoms with Crippen molar-refractivity contribution in [1.82, 2.24) is 0 Å². The molecule has 0 aliphatic heterocycles. The molecule has 0 aromatic heterocycles. The molecule has 0 radical (unpaired) electrons. The Labute approximate surface area is 462 Å². The summed E-state index contributed by atoms with van der Waals surface area (Å²) < 4.78 is 16.8. The second kappa shape index (κ2) is 62.4. The molecule has 0 aromatic rings. The predicted octanol–water partition coefficient (Wildman–Crippen LogP) is 21.2. The molecular weight excluding hydrogens is 925 g/mol. The zero-order valence-electron chi connectivity index (χ0n) is 48.8. The van der Waals surface area contributed by atoms with E-state index in [1.165, 1.54) is 141 Å². The van der Waals surface area contributed by atoms with Gasteiger partial charge in [-0.05, 0) is 128 Å². The molecule has 0 spiro atoms. The normalized spacial score (nSPS) is 12.9. The summed E-state index contributed by atoms with van der Waals surface area (Å²) in [6, 6.07) is 0. The van der Waals surface area contributed by atoms with Crippen molar-refractivity contribution in [2.75, 3.05) is 13.2 Å². The van der Waals surface area contributed by atoms with E-state index in [2.05, 4.69) is 136 Å². The van der Waals surface area contributed by atoms with Crippen molar-refractivity contribution in [3.05, 3.63) is 122 Å². The van der Waals surface area contributed by atoms with Gasteiger partial charge in [0.15, 0.2) is 6.10 Å². The molecule has 0 rings (SSSR count). The highest BCUT2D eigenvalue weighted by molar-refractivity contribution is 5.71. The first-order valence-electron chi connectivity index (χ1n) is 31.0. The summed E-state index contributed by atoms with van der Waals surface area (Å²) in [5.41, 5.74) is 0. The Bertz CT molecular complexity index is 1570. The molecular formula is C69H114O6. The number of hydrogen-bond donors (Lipinski definition) is 0. The summed E-state index contributed by atoms with van der Waals surface area (Å²) >= 11 is 0. The van der Waals surface area contributed by atoms with Crippen molar-refractivity contribution in [1.29, 1.82) is 0 Å². The molecule has 0 aliphatic rings. The fourth-order valence-electron chi connectivity index (χ4n) is 8.23. The third-order valence-corrected chi connectivity index (χ3v) is 12.9. The smallest absolute Gasteiger partial charge is 0.306 e. The lowest BCUT2D eigenvalue weighted by molar-refractivity contribution is -0.166. The van der Waals surface area contributed by atoms with E-state index in [0.717, 1.165) is 89.9 Å². The molecule has 0 heterocycles. The molecule has 0 bridgehead atoms. The average molecular weight is 1040 g/mol. The van der Waals surface area contributed by atoms with E-state index in [9.17, 15) is 14.4 Å². The van der Waals surface area contributed by atoms with Gasteiger partial charge in [0.2, 0.25) is 0 Å². The minimum Gasteiger partial charge on any atom is -0.462 e. The van der Waals surface area contributed by atoms with Crippen LogP contribution in [0.5, 0.6) is 0 Å². The van der Waals surface area contributed by atoms with Crippen LogP contribution < -0.4 is 0 Å². The Hall–Kier alpha value is -4.19. The Kier molecular flexibility index (Phi) is 58.9. The third-order valence-electron chi connectivity index (χ3n) is 12.9. The van der Waals surface area contributed by atoms with Crippen molar-refractivity contribution in [2.45, 2.75) is 284 Å². The van der Waals surface area contributed by atoms with E-state index in [0.29, 0.717) is 19.3 Å². The fraction of sp³-hybridized carbons (Fsp3) is 0.667. The van der Waals surface area contributed by atoms with Gasteiger partial charge in [-0.2, -0.15) is 0 Å². The van der Waals surface area contributed by atoms with Gasteiger partial charge in [0.05, 0.1) is 0 Å². The van der Waals surface area contributed by atoms with E-state index in [4.69, 9.17) is 14.2 Å². The van der Waals surface area contributed by atoms with E-state index in [-0.39, 0.29) is 37.5 Å².